The van der Waals surface area contributed by atoms with Gasteiger partial charge in [0.25, 0.3) is 0 Å². The Morgan fingerprint density at radius 1 is 1.27 bits per heavy atom. The fourth-order valence-electron chi connectivity index (χ4n) is 3.30. The van der Waals surface area contributed by atoms with E-state index in [1.165, 1.54) is 0 Å². The van der Waals surface area contributed by atoms with Gasteiger partial charge in [-0.1, -0.05) is 51.1 Å². The highest BCUT2D eigenvalue weighted by Crippen LogP contribution is 2.52. The van der Waals surface area contributed by atoms with Gasteiger partial charge in [-0.15, -0.1) is 0 Å². The molecule has 1 aromatic rings. The number of esters is 1. The molecule has 4 nitrogen and oxygen atoms in total. The monoisotopic (exact) mass is 299 g/mol. The van der Waals surface area contributed by atoms with Crippen LogP contribution < -0.4 is 0 Å². The number of ketones is 1. The lowest BCUT2D eigenvalue weighted by molar-refractivity contribution is -0.146. The molecule has 22 heavy (non-hydrogen) atoms. The average Bonchev–Trinajstić information content (AvgIpc) is 3.04. The van der Waals surface area contributed by atoms with Crippen molar-refractivity contribution in [2.24, 2.45) is 15.8 Å². The number of aliphatic imine (C=N–C) groups is 1. The quantitative estimate of drug-likeness (QED) is 0.788. The van der Waals surface area contributed by atoms with Gasteiger partial charge in [0.1, 0.15) is 5.41 Å². The zero-order valence-electron chi connectivity index (χ0n) is 13.3. The summed E-state index contributed by atoms with van der Waals surface area (Å²) in [4.78, 5) is 29.7. The zero-order chi connectivity index (χ0) is 16.0. The summed E-state index contributed by atoms with van der Waals surface area (Å²) in [6.07, 6.45) is 1.01. The molecule has 2 heterocycles. The second-order valence-electron chi connectivity index (χ2n) is 7.19. The summed E-state index contributed by atoms with van der Waals surface area (Å²) in [5.41, 5.74) is 0.310. The van der Waals surface area contributed by atoms with Crippen molar-refractivity contribution in [3.05, 3.63) is 35.9 Å². The van der Waals surface area contributed by atoms with E-state index in [4.69, 9.17) is 4.74 Å². The van der Waals surface area contributed by atoms with E-state index in [0.717, 1.165) is 5.56 Å². The lowest BCUT2D eigenvalue weighted by Crippen LogP contribution is -2.33. The Hall–Kier alpha value is -1.97. The molecule has 4 heteroatoms. The topological polar surface area (TPSA) is 55.7 Å². The molecular formula is C18H21NO3. The molecule has 1 spiro atoms. The van der Waals surface area contributed by atoms with E-state index >= 15 is 0 Å². The molecule has 0 N–H and O–H groups in total. The van der Waals surface area contributed by atoms with Gasteiger partial charge in [0, 0.05) is 18.3 Å². The van der Waals surface area contributed by atoms with Crippen LogP contribution in [-0.4, -0.2) is 24.1 Å². The standard InChI is InChI=1S/C18H21NO3/c1-17(2,3)15(20)13-11-18(9-10-22-16(18)21)14(19-13)12-7-5-4-6-8-12/h4-8,14H,9-11H2,1-3H3/t14-,18+/m0/s1. The van der Waals surface area contributed by atoms with Crippen LogP contribution in [0.25, 0.3) is 0 Å². The molecule has 0 aliphatic carbocycles. The Labute approximate surface area is 130 Å². The first kappa shape index (κ1) is 14.9. The molecule has 116 valence electrons. The van der Waals surface area contributed by atoms with Crippen LogP contribution in [0.5, 0.6) is 0 Å². The molecule has 0 radical (unpaired) electrons. The minimum atomic E-state index is -0.697. The molecule has 1 fully saturated rings. The highest BCUT2D eigenvalue weighted by molar-refractivity contribution is 6.42. The highest BCUT2D eigenvalue weighted by Gasteiger charge is 2.56. The van der Waals surface area contributed by atoms with Crippen molar-refractivity contribution < 1.29 is 14.3 Å². The van der Waals surface area contributed by atoms with Gasteiger partial charge in [0.05, 0.1) is 18.4 Å². The Balaban J connectivity index is 2.04. The molecule has 0 unspecified atom stereocenters. The fraction of sp³-hybridized carbons (Fsp3) is 0.500. The molecule has 1 saturated heterocycles. The number of benzene rings is 1. The summed E-state index contributed by atoms with van der Waals surface area (Å²) >= 11 is 0. The number of nitrogens with zero attached hydrogens (tertiary/aromatic N) is 1. The van der Waals surface area contributed by atoms with Crippen LogP contribution in [0.4, 0.5) is 0 Å². The Morgan fingerprint density at radius 3 is 2.50 bits per heavy atom. The van der Waals surface area contributed by atoms with Crippen LogP contribution in [-0.2, 0) is 14.3 Å². The molecule has 1 aromatic carbocycles. The third-order valence-electron chi connectivity index (χ3n) is 4.54. The first-order chi connectivity index (χ1) is 10.3. The van der Waals surface area contributed by atoms with Crippen molar-refractivity contribution in [3.63, 3.8) is 0 Å². The first-order valence-electron chi connectivity index (χ1n) is 7.68. The molecule has 0 saturated carbocycles. The van der Waals surface area contributed by atoms with Crippen molar-refractivity contribution >= 4 is 17.5 Å². The van der Waals surface area contributed by atoms with Crippen LogP contribution in [0.2, 0.25) is 0 Å². The van der Waals surface area contributed by atoms with E-state index in [2.05, 4.69) is 4.99 Å². The molecule has 0 amide bonds. The van der Waals surface area contributed by atoms with Gasteiger partial charge in [-0.25, -0.2) is 0 Å². The third-order valence-corrected chi connectivity index (χ3v) is 4.54. The van der Waals surface area contributed by atoms with Gasteiger partial charge in [-0.3, -0.25) is 14.6 Å². The summed E-state index contributed by atoms with van der Waals surface area (Å²) in [5.74, 6) is -0.202. The fourth-order valence-corrected chi connectivity index (χ4v) is 3.30. The smallest absolute Gasteiger partial charge is 0.315 e. The van der Waals surface area contributed by atoms with Crippen molar-refractivity contribution in [1.82, 2.24) is 0 Å². The number of rotatable bonds is 2. The van der Waals surface area contributed by atoms with Gasteiger partial charge in [-0.2, -0.15) is 0 Å². The minimum absolute atomic E-state index is 0.0185. The Morgan fingerprint density at radius 2 is 1.95 bits per heavy atom. The summed E-state index contributed by atoms with van der Waals surface area (Å²) in [7, 11) is 0. The SMILES string of the molecule is CC(C)(C)C(=O)C1=N[C@@H](c2ccccc2)[C@@]2(CCOC2=O)C1. The molecular weight excluding hydrogens is 278 g/mol. The summed E-state index contributed by atoms with van der Waals surface area (Å²) < 4.78 is 5.23. The summed E-state index contributed by atoms with van der Waals surface area (Å²) in [6, 6.07) is 9.41. The van der Waals surface area contributed by atoms with E-state index in [9.17, 15) is 9.59 Å². The van der Waals surface area contributed by atoms with E-state index in [1.807, 2.05) is 51.1 Å². The maximum Gasteiger partial charge on any atom is 0.315 e. The Bertz CT molecular complexity index is 642. The minimum Gasteiger partial charge on any atom is -0.465 e. The first-order valence-corrected chi connectivity index (χ1v) is 7.68. The predicted molar refractivity (Wildman–Crippen MR) is 83.7 cm³/mol. The normalized spacial score (nSPS) is 27.9. The van der Waals surface area contributed by atoms with Gasteiger partial charge in [-0.05, 0) is 5.56 Å². The molecule has 3 rings (SSSR count). The lowest BCUT2D eigenvalue weighted by Gasteiger charge is -2.25. The number of Topliss-reactive ketones (excluding diaryl/α,β-unsaturated/α-hetero) is 1. The molecule has 2 atom stereocenters. The average molecular weight is 299 g/mol. The maximum atomic E-state index is 12.6. The van der Waals surface area contributed by atoms with Crippen molar-refractivity contribution in [2.75, 3.05) is 6.61 Å². The van der Waals surface area contributed by atoms with Crippen LogP contribution in [0.15, 0.2) is 35.3 Å². The van der Waals surface area contributed by atoms with E-state index in [0.29, 0.717) is 25.2 Å². The predicted octanol–water partition coefficient (Wildman–Crippen LogP) is 3.12. The number of carbonyl (C=O) groups is 2. The van der Waals surface area contributed by atoms with Gasteiger partial charge in [0.15, 0.2) is 5.78 Å². The van der Waals surface area contributed by atoms with Crippen LogP contribution in [0.1, 0.15) is 45.2 Å². The lowest BCUT2D eigenvalue weighted by atomic mass is 9.73. The summed E-state index contributed by atoms with van der Waals surface area (Å²) in [6.45, 7) is 6.06. The van der Waals surface area contributed by atoms with Gasteiger partial charge in [0.2, 0.25) is 0 Å². The van der Waals surface area contributed by atoms with E-state index in [1.54, 1.807) is 0 Å². The van der Waals surface area contributed by atoms with Crippen molar-refractivity contribution in [2.45, 2.75) is 39.7 Å². The second kappa shape index (κ2) is 5.04. The molecule has 0 bridgehead atoms. The molecule has 2 aliphatic rings. The van der Waals surface area contributed by atoms with Crippen LogP contribution >= 0.6 is 0 Å². The zero-order valence-corrected chi connectivity index (χ0v) is 13.3. The summed E-state index contributed by atoms with van der Waals surface area (Å²) in [5, 5.41) is 0. The highest BCUT2D eigenvalue weighted by atomic mass is 16.5. The van der Waals surface area contributed by atoms with Gasteiger partial charge < -0.3 is 4.74 Å². The number of ether oxygens (including phenoxy) is 1. The molecule has 2 aliphatic heterocycles. The number of carbonyl (C=O) groups excluding carboxylic acids is 2. The van der Waals surface area contributed by atoms with E-state index in [-0.39, 0.29) is 17.8 Å². The largest absolute Gasteiger partial charge is 0.465 e. The van der Waals surface area contributed by atoms with Gasteiger partial charge >= 0.3 is 5.97 Å². The van der Waals surface area contributed by atoms with Crippen LogP contribution in [0.3, 0.4) is 0 Å². The second-order valence-corrected chi connectivity index (χ2v) is 7.19. The number of hydrogen-bond donors (Lipinski definition) is 0. The number of hydrogen-bond acceptors (Lipinski definition) is 4. The van der Waals surface area contributed by atoms with Crippen molar-refractivity contribution in [3.8, 4) is 0 Å². The Kier molecular flexibility index (Phi) is 3.42. The third kappa shape index (κ3) is 2.27. The van der Waals surface area contributed by atoms with Crippen molar-refractivity contribution in [1.29, 1.82) is 0 Å². The van der Waals surface area contributed by atoms with Crippen LogP contribution in [0, 0.1) is 10.8 Å². The maximum absolute atomic E-state index is 12.6. The van der Waals surface area contributed by atoms with E-state index < -0.39 is 10.8 Å². The number of cyclic esters (lactones) is 1. The molecule has 0 aromatic heterocycles.